The molecule has 0 unspecified atom stereocenters. The number of benzene rings is 2. The van der Waals surface area contributed by atoms with Gasteiger partial charge in [-0.3, -0.25) is 19.9 Å². The molecule has 0 saturated carbocycles. The second-order valence-electron chi connectivity index (χ2n) is 12.4. The standard InChI is InChI=1S/C42H40N4/c1-5-41(6-2)37-21-33(29-13-9-17-43-25-29)35(31-15-11-19-45-27-31)23-39(37)42(7-3,8-4)40-24-36(32-16-12-20-46-28-32)34(22-38(40)41)30-14-10-18-44-26-30/h9-28H,5-8H2,1-4H3. The third-order valence-electron chi connectivity index (χ3n) is 10.7. The van der Waals surface area contributed by atoms with E-state index in [1.807, 2.05) is 73.8 Å². The molecule has 1 aliphatic carbocycles. The molecule has 46 heavy (non-hydrogen) atoms. The molecule has 0 N–H and O–H groups in total. The van der Waals surface area contributed by atoms with Gasteiger partial charge in [-0.2, -0.15) is 0 Å². The summed E-state index contributed by atoms with van der Waals surface area (Å²) in [5.41, 5.74) is 14.7. The van der Waals surface area contributed by atoms with E-state index in [2.05, 4.69) is 96.2 Å². The van der Waals surface area contributed by atoms with Crippen LogP contribution in [0.4, 0.5) is 0 Å². The molecule has 0 amide bonds. The Labute approximate surface area is 272 Å². The SMILES string of the molecule is CCC1(CC)c2cc(-c3cccnc3)c(-c3cccnc3)cc2C(CC)(CC)c2cc(-c3cccnc3)c(-c3cccnc3)cc21. The monoisotopic (exact) mass is 600 g/mol. The maximum atomic E-state index is 4.54. The van der Waals surface area contributed by atoms with Crippen LogP contribution in [0, 0.1) is 0 Å². The van der Waals surface area contributed by atoms with Gasteiger partial charge in [0.2, 0.25) is 0 Å². The minimum Gasteiger partial charge on any atom is -0.264 e. The summed E-state index contributed by atoms with van der Waals surface area (Å²) in [5, 5.41) is 0. The predicted octanol–water partition coefficient (Wildman–Crippen LogP) is 10.5. The van der Waals surface area contributed by atoms with Gasteiger partial charge in [0.05, 0.1) is 0 Å². The van der Waals surface area contributed by atoms with Gasteiger partial charge in [0.1, 0.15) is 0 Å². The van der Waals surface area contributed by atoms with Crippen LogP contribution in [-0.2, 0) is 10.8 Å². The van der Waals surface area contributed by atoms with Crippen molar-refractivity contribution in [1.82, 2.24) is 19.9 Å². The quantitative estimate of drug-likeness (QED) is 0.174. The number of pyridine rings is 4. The van der Waals surface area contributed by atoms with Crippen molar-refractivity contribution in [2.75, 3.05) is 0 Å². The van der Waals surface area contributed by atoms with Crippen molar-refractivity contribution >= 4 is 0 Å². The fraction of sp³-hybridized carbons (Fsp3) is 0.238. The highest BCUT2D eigenvalue weighted by Crippen LogP contribution is 2.58. The zero-order chi connectivity index (χ0) is 31.7. The maximum absolute atomic E-state index is 4.54. The molecular weight excluding hydrogens is 560 g/mol. The molecule has 4 nitrogen and oxygen atoms in total. The van der Waals surface area contributed by atoms with E-state index in [9.17, 15) is 0 Å². The van der Waals surface area contributed by atoms with Gasteiger partial charge >= 0.3 is 0 Å². The third kappa shape index (κ3) is 4.58. The zero-order valence-corrected chi connectivity index (χ0v) is 27.2. The van der Waals surface area contributed by atoms with E-state index in [4.69, 9.17) is 0 Å². The van der Waals surface area contributed by atoms with E-state index in [1.165, 1.54) is 44.5 Å². The fourth-order valence-corrected chi connectivity index (χ4v) is 8.14. The van der Waals surface area contributed by atoms with Gasteiger partial charge in [0, 0.05) is 82.7 Å². The second kappa shape index (κ2) is 12.1. The van der Waals surface area contributed by atoms with Crippen LogP contribution in [-0.4, -0.2) is 19.9 Å². The summed E-state index contributed by atoms with van der Waals surface area (Å²) in [4.78, 5) is 18.2. The Kier molecular flexibility index (Phi) is 7.82. The second-order valence-corrected chi connectivity index (χ2v) is 12.4. The number of rotatable bonds is 8. The number of nitrogens with zero attached hydrogens (tertiary/aromatic N) is 4. The summed E-state index contributed by atoms with van der Waals surface area (Å²) in [6.45, 7) is 9.44. The third-order valence-corrected chi connectivity index (χ3v) is 10.7. The first-order chi connectivity index (χ1) is 22.6. The van der Waals surface area contributed by atoms with Gasteiger partial charge in [0.25, 0.3) is 0 Å². The van der Waals surface area contributed by atoms with Crippen LogP contribution in [0.2, 0.25) is 0 Å². The lowest BCUT2D eigenvalue weighted by Gasteiger charge is -2.50. The molecule has 2 aromatic carbocycles. The molecule has 4 heterocycles. The van der Waals surface area contributed by atoms with E-state index >= 15 is 0 Å². The Bertz CT molecular complexity index is 1680. The van der Waals surface area contributed by atoms with Gasteiger partial charge in [-0.25, -0.2) is 0 Å². The highest BCUT2D eigenvalue weighted by atomic mass is 14.6. The molecule has 4 heteroatoms. The van der Waals surface area contributed by atoms with Crippen LogP contribution < -0.4 is 0 Å². The Balaban J connectivity index is 1.62. The molecule has 0 atom stereocenters. The molecule has 0 spiro atoms. The molecule has 6 aromatic rings. The highest BCUT2D eigenvalue weighted by Gasteiger charge is 2.48. The van der Waals surface area contributed by atoms with E-state index in [-0.39, 0.29) is 10.8 Å². The largest absolute Gasteiger partial charge is 0.264 e. The van der Waals surface area contributed by atoms with Crippen molar-refractivity contribution in [3.8, 4) is 44.5 Å². The molecule has 0 bridgehead atoms. The summed E-state index contributed by atoms with van der Waals surface area (Å²) in [7, 11) is 0. The molecule has 0 radical (unpaired) electrons. The van der Waals surface area contributed by atoms with Crippen molar-refractivity contribution in [1.29, 1.82) is 0 Å². The first-order valence-electron chi connectivity index (χ1n) is 16.6. The summed E-state index contributed by atoms with van der Waals surface area (Å²) < 4.78 is 0. The Morgan fingerprint density at radius 3 is 0.804 bits per heavy atom. The van der Waals surface area contributed by atoms with E-state index in [1.54, 1.807) is 0 Å². The van der Waals surface area contributed by atoms with Crippen LogP contribution in [0.25, 0.3) is 44.5 Å². The lowest BCUT2D eigenvalue weighted by Crippen LogP contribution is -2.42. The Morgan fingerprint density at radius 2 is 0.630 bits per heavy atom. The molecule has 0 aliphatic heterocycles. The number of hydrogen-bond acceptors (Lipinski definition) is 4. The van der Waals surface area contributed by atoms with Crippen molar-refractivity contribution in [3.05, 3.63) is 145 Å². The molecule has 0 fully saturated rings. The van der Waals surface area contributed by atoms with E-state index in [0.29, 0.717) is 0 Å². The summed E-state index contributed by atoms with van der Waals surface area (Å²) in [6.07, 6.45) is 19.3. The number of fused-ring (bicyclic) bond motifs is 2. The van der Waals surface area contributed by atoms with Gasteiger partial charge in [-0.15, -0.1) is 0 Å². The van der Waals surface area contributed by atoms with E-state index in [0.717, 1.165) is 47.9 Å². The molecule has 4 aromatic heterocycles. The van der Waals surface area contributed by atoms with Crippen molar-refractivity contribution in [2.24, 2.45) is 0 Å². The summed E-state index contributed by atoms with van der Waals surface area (Å²) >= 11 is 0. The highest BCUT2D eigenvalue weighted by molar-refractivity contribution is 5.88. The topological polar surface area (TPSA) is 51.6 Å². The molecule has 7 rings (SSSR count). The zero-order valence-electron chi connectivity index (χ0n) is 27.2. The smallest absolute Gasteiger partial charge is 0.0346 e. The van der Waals surface area contributed by atoms with Crippen molar-refractivity contribution < 1.29 is 0 Å². The fourth-order valence-electron chi connectivity index (χ4n) is 8.14. The first kappa shape index (κ1) is 29.7. The summed E-state index contributed by atoms with van der Waals surface area (Å²) in [5.74, 6) is 0. The van der Waals surface area contributed by atoms with Gasteiger partial charge in [-0.05, 0) is 119 Å². The van der Waals surface area contributed by atoms with Gasteiger partial charge in [-0.1, -0.05) is 52.0 Å². The normalized spacial score (nSPS) is 14.3. The molecule has 228 valence electrons. The molecular formula is C42H40N4. The summed E-state index contributed by atoms with van der Waals surface area (Å²) in [6, 6.07) is 26.9. The van der Waals surface area contributed by atoms with Gasteiger partial charge < -0.3 is 0 Å². The van der Waals surface area contributed by atoms with Crippen LogP contribution in [0.5, 0.6) is 0 Å². The van der Waals surface area contributed by atoms with Crippen LogP contribution in [0.3, 0.4) is 0 Å². The van der Waals surface area contributed by atoms with Crippen molar-refractivity contribution in [2.45, 2.75) is 64.2 Å². The lowest BCUT2D eigenvalue weighted by molar-refractivity contribution is 0.388. The van der Waals surface area contributed by atoms with Crippen LogP contribution in [0.15, 0.2) is 122 Å². The van der Waals surface area contributed by atoms with Crippen molar-refractivity contribution in [3.63, 3.8) is 0 Å². The van der Waals surface area contributed by atoms with Crippen LogP contribution >= 0.6 is 0 Å². The predicted molar refractivity (Wildman–Crippen MR) is 189 cm³/mol. The Hall–Kier alpha value is -4.96. The average molecular weight is 601 g/mol. The Morgan fingerprint density at radius 1 is 0.391 bits per heavy atom. The maximum Gasteiger partial charge on any atom is 0.0346 e. The molecule has 0 saturated heterocycles. The number of hydrogen-bond donors (Lipinski definition) is 0. The lowest BCUT2D eigenvalue weighted by atomic mass is 9.53. The van der Waals surface area contributed by atoms with E-state index < -0.39 is 0 Å². The molecule has 1 aliphatic rings. The minimum absolute atomic E-state index is 0.173. The first-order valence-corrected chi connectivity index (χ1v) is 16.6. The number of aromatic nitrogens is 4. The minimum atomic E-state index is -0.173. The van der Waals surface area contributed by atoms with Crippen LogP contribution in [0.1, 0.15) is 75.6 Å². The van der Waals surface area contributed by atoms with Gasteiger partial charge in [0.15, 0.2) is 0 Å². The average Bonchev–Trinajstić information content (AvgIpc) is 3.14.